The predicted octanol–water partition coefficient (Wildman–Crippen LogP) is 1.96. The topological polar surface area (TPSA) is 84.3 Å². The van der Waals surface area contributed by atoms with Gasteiger partial charge in [-0.25, -0.2) is 14.8 Å². The molecular formula is C15H16F3N3O3. The average molecular weight is 343 g/mol. The second-order valence-corrected chi connectivity index (χ2v) is 5.07. The lowest BCUT2D eigenvalue weighted by molar-refractivity contribution is -0.192. The number of rotatable bonds is 1. The van der Waals surface area contributed by atoms with E-state index in [1.54, 1.807) is 13.3 Å². The molecule has 2 aromatic rings. The fraction of sp³-hybridized carbons (Fsp3) is 0.400. The molecule has 0 radical (unpaired) electrons. The summed E-state index contributed by atoms with van der Waals surface area (Å²) >= 11 is 0. The molecule has 1 aromatic heterocycles. The lowest BCUT2D eigenvalue weighted by atomic mass is 10.0. The average Bonchev–Trinajstić information content (AvgIpc) is 2.76. The van der Waals surface area contributed by atoms with Crippen molar-refractivity contribution in [3.8, 4) is 5.88 Å². The van der Waals surface area contributed by atoms with Crippen molar-refractivity contribution in [2.24, 2.45) is 0 Å². The fourth-order valence-corrected chi connectivity index (χ4v) is 2.26. The van der Waals surface area contributed by atoms with Crippen LogP contribution < -0.4 is 10.1 Å². The molecule has 3 rings (SSSR count). The molecule has 0 unspecified atom stereocenters. The third-order valence-electron chi connectivity index (χ3n) is 3.44. The molecule has 0 bridgehead atoms. The number of aliphatic carboxylic acids is 1. The lowest BCUT2D eigenvalue weighted by Gasteiger charge is -2.07. The summed E-state index contributed by atoms with van der Waals surface area (Å²) < 4.78 is 36.8. The van der Waals surface area contributed by atoms with Crippen LogP contribution in [0.2, 0.25) is 0 Å². The number of alkyl halides is 3. The lowest BCUT2D eigenvalue weighted by Crippen LogP contribution is -2.21. The second kappa shape index (κ2) is 7.43. The van der Waals surface area contributed by atoms with Crippen LogP contribution in [0.15, 0.2) is 18.3 Å². The normalized spacial score (nSPS) is 14.2. The Bertz CT molecular complexity index is 735. The molecule has 1 aliphatic heterocycles. The van der Waals surface area contributed by atoms with Crippen LogP contribution in [0, 0.1) is 0 Å². The number of carboxylic acid groups (broad SMARTS) is 1. The van der Waals surface area contributed by atoms with Gasteiger partial charge in [0.1, 0.15) is 0 Å². The smallest absolute Gasteiger partial charge is 0.480 e. The summed E-state index contributed by atoms with van der Waals surface area (Å²) in [4.78, 5) is 17.7. The van der Waals surface area contributed by atoms with E-state index in [2.05, 4.69) is 27.4 Å². The van der Waals surface area contributed by atoms with Crippen molar-refractivity contribution in [3.63, 3.8) is 0 Å². The van der Waals surface area contributed by atoms with Gasteiger partial charge in [-0.3, -0.25) is 0 Å². The summed E-state index contributed by atoms with van der Waals surface area (Å²) in [7, 11) is 1.61. The van der Waals surface area contributed by atoms with Gasteiger partial charge in [0.2, 0.25) is 5.88 Å². The molecule has 1 aromatic carbocycles. The number of fused-ring (bicyclic) bond motifs is 2. The van der Waals surface area contributed by atoms with E-state index in [4.69, 9.17) is 14.6 Å². The summed E-state index contributed by atoms with van der Waals surface area (Å²) in [6, 6.07) is 4.30. The van der Waals surface area contributed by atoms with E-state index < -0.39 is 12.1 Å². The molecule has 0 atom stereocenters. The number of carboxylic acids is 1. The molecule has 0 fully saturated rings. The summed E-state index contributed by atoms with van der Waals surface area (Å²) in [6.45, 7) is 2.08. The van der Waals surface area contributed by atoms with Crippen molar-refractivity contribution in [1.82, 2.24) is 15.3 Å². The van der Waals surface area contributed by atoms with Gasteiger partial charge in [-0.2, -0.15) is 13.2 Å². The van der Waals surface area contributed by atoms with Gasteiger partial charge in [0.25, 0.3) is 0 Å². The predicted molar refractivity (Wildman–Crippen MR) is 80.1 cm³/mol. The van der Waals surface area contributed by atoms with E-state index in [1.807, 2.05) is 0 Å². The molecule has 0 spiro atoms. The maximum atomic E-state index is 10.6. The molecule has 2 heterocycles. The van der Waals surface area contributed by atoms with Gasteiger partial charge in [0.05, 0.1) is 24.3 Å². The van der Waals surface area contributed by atoms with Gasteiger partial charge in [0.15, 0.2) is 0 Å². The molecule has 6 nitrogen and oxygen atoms in total. The van der Waals surface area contributed by atoms with Crippen molar-refractivity contribution in [1.29, 1.82) is 0 Å². The van der Waals surface area contributed by atoms with E-state index in [9.17, 15) is 13.2 Å². The summed E-state index contributed by atoms with van der Waals surface area (Å²) in [5, 5.41) is 10.5. The maximum absolute atomic E-state index is 10.6. The molecule has 0 saturated carbocycles. The molecule has 130 valence electrons. The van der Waals surface area contributed by atoms with E-state index in [0.717, 1.165) is 37.0 Å². The van der Waals surface area contributed by atoms with Crippen LogP contribution in [-0.4, -0.2) is 47.4 Å². The minimum Gasteiger partial charge on any atom is -0.480 e. The van der Waals surface area contributed by atoms with Crippen LogP contribution in [0.4, 0.5) is 13.2 Å². The Labute approximate surface area is 135 Å². The quantitative estimate of drug-likeness (QED) is 0.823. The van der Waals surface area contributed by atoms with Gasteiger partial charge in [-0.05, 0) is 49.2 Å². The molecular weight excluding hydrogens is 327 g/mol. The molecule has 0 amide bonds. The first-order valence-electron chi connectivity index (χ1n) is 7.14. The van der Waals surface area contributed by atoms with Crippen LogP contribution in [-0.2, 0) is 17.6 Å². The Morgan fingerprint density at radius 3 is 2.25 bits per heavy atom. The number of nitrogens with one attached hydrogen (secondary N) is 1. The van der Waals surface area contributed by atoms with Gasteiger partial charge in [0, 0.05) is 0 Å². The Kier molecular flexibility index (Phi) is 5.55. The van der Waals surface area contributed by atoms with Crippen molar-refractivity contribution in [2.45, 2.75) is 19.0 Å². The second-order valence-electron chi connectivity index (χ2n) is 5.07. The number of hydrogen-bond acceptors (Lipinski definition) is 5. The number of carbonyl (C=O) groups is 1. The van der Waals surface area contributed by atoms with Crippen LogP contribution in [0.3, 0.4) is 0 Å². The monoisotopic (exact) mass is 343 g/mol. The van der Waals surface area contributed by atoms with Gasteiger partial charge in [-0.15, -0.1) is 0 Å². The Morgan fingerprint density at radius 1 is 1.21 bits per heavy atom. The minimum atomic E-state index is -5.08. The summed E-state index contributed by atoms with van der Waals surface area (Å²) in [6.07, 6.45) is -1.28. The highest BCUT2D eigenvalue weighted by atomic mass is 19.4. The van der Waals surface area contributed by atoms with E-state index >= 15 is 0 Å². The van der Waals surface area contributed by atoms with Gasteiger partial charge < -0.3 is 15.2 Å². The first-order chi connectivity index (χ1) is 11.3. The number of halogens is 3. The number of aromatic nitrogens is 2. The highest BCUT2D eigenvalue weighted by Crippen LogP contribution is 2.21. The van der Waals surface area contributed by atoms with Crippen molar-refractivity contribution in [2.75, 3.05) is 20.2 Å². The number of nitrogens with zero attached hydrogens (tertiary/aromatic N) is 2. The van der Waals surface area contributed by atoms with E-state index in [0.29, 0.717) is 5.88 Å². The number of methoxy groups -OCH3 is 1. The zero-order valence-corrected chi connectivity index (χ0v) is 12.9. The van der Waals surface area contributed by atoms with Crippen molar-refractivity contribution >= 4 is 17.0 Å². The summed E-state index contributed by atoms with van der Waals surface area (Å²) in [5.41, 5.74) is 4.64. The standard InChI is InChI=1S/C13H15N3O.C2HF3O2/c1-17-13-8-15-11-6-9-2-4-14-5-3-10(9)7-12(11)16-13;3-2(4,5)1(6)7/h6-8,14H,2-5H2,1H3;(H,6,7). The van der Waals surface area contributed by atoms with Crippen LogP contribution in [0.1, 0.15) is 11.1 Å². The molecule has 24 heavy (non-hydrogen) atoms. The van der Waals surface area contributed by atoms with E-state index in [-0.39, 0.29) is 0 Å². The van der Waals surface area contributed by atoms with Gasteiger partial charge in [-0.1, -0.05) is 0 Å². The highest BCUT2D eigenvalue weighted by Gasteiger charge is 2.38. The number of hydrogen-bond donors (Lipinski definition) is 2. The van der Waals surface area contributed by atoms with Crippen molar-refractivity contribution < 1.29 is 27.8 Å². The Morgan fingerprint density at radius 2 is 1.75 bits per heavy atom. The molecule has 1 aliphatic rings. The minimum absolute atomic E-state index is 0.573. The highest BCUT2D eigenvalue weighted by molar-refractivity contribution is 5.76. The third-order valence-corrected chi connectivity index (χ3v) is 3.44. The largest absolute Gasteiger partial charge is 0.490 e. The SMILES string of the molecule is COc1cnc2cc3c(cc2n1)CCNCC3.O=C(O)C(F)(F)F. The van der Waals surface area contributed by atoms with Gasteiger partial charge >= 0.3 is 12.1 Å². The van der Waals surface area contributed by atoms with Crippen LogP contribution in [0.25, 0.3) is 11.0 Å². The van der Waals surface area contributed by atoms with Crippen LogP contribution in [0.5, 0.6) is 5.88 Å². The molecule has 0 saturated heterocycles. The summed E-state index contributed by atoms with van der Waals surface area (Å²) in [5.74, 6) is -2.18. The zero-order valence-electron chi connectivity index (χ0n) is 12.9. The zero-order chi connectivity index (χ0) is 17.7. The van der Waals surface area contributed by atoms with Crippen molar-refractivity contribution in [3.05, 3.63) is 29.5 Å². The molecule has 0 aliphatic carbocycles. The Balaban J connectivity index is 0.000000256. The maximum Gasteiger partial charge on any atom is 0.490 e. The molecule has 9 heteroatoms. The third kappa shape index (κ3) is 4.54. The first-order valence-corrected chi connectivity index (χ1v) is 7.14. The number of ether oxygens (including phenoxy) is 1. The number of benzene rings is 1. The van der Waals surface area contributed by atoms with E-state index in [1.165, 1.54) is 11.1 Å². The Hall–Kier alpha value is -2.42. The van der Waals surface area contributed by atoms with Crippen LogP contribution >= 0.6 is 0 Å². The fourth-order valence-electron chi connectivity index (χ4n) is 2.26. The first kappa shape index (κ1) is 17.9. The molecule has 2 N–H and O–H groups in total.